The summed E-state index contributed by atoms with van der Waals surface area (Å²) in [5.74, 6) is -1.64. The van der Waals surface area contributed by atoms with E-state index in [9.17, 15) is 29.4 Å². The number of fused-ring (bicyclic) bond motifs is 5. The lowest BCUT2D eigenvalue weighted by Gasteiger charge is -2.31. The highest BCUT2D eigenvalue weighted by molar-refractivity contribution is 5.90. The summed E-state index contributed by atoms with van der Waals surface area (Å²) in [6.45, 7) is 2.74. The highest BCUT2D eigenvalue weighted by Gasteiger charge is 2.45. The second-order valence-corrected chi connectivity index (χ2v) is 9.13. The van der Waals surface area contributed by atoms with Crippen molar-refractivity contribution in [1.82, 2.24) is 14.9 Å². The maximum absolute atomic E-state index is 13.3. The number of ether oxygens (including phenoxy) is 2. The first-order valence-electron chi connectivity index (χ1n) is 11.9. The van der Waals surface area contributed by atoms with Gasteiger partial charge < -0.3 is 29.6 Å². The Morgan fingerprint density at radius 3 is 2.78 bits per heavy atom. The fraction of sp³-hybridized carbons (Fsp3) is 0.346. The Balaban J connectivity index is 1.47. The van der Waals surface area contributed by atoms with Crippen LogP contribution >= 0.6 is 0 Å². The molecule has 0 saturated heterocycles. The first-order chi connectivity index (χ1) is 17.6. The van der Waals surface area contributed by atoms with Crippen molar-refractivity contribution >= 4 is 28.7 Å². The zero-order valence-corrected chi connectivity index (χ0v) is 20.3. The van der Waals surface area contributed by atoms with Gasteiger partial charge in [-0.2, -0.15) is 0 Å². The first kappa shape index (κ1) is 24.4. The lowest BCUT2D eigenvalue weighted by atomic mass is 9.86. The molecule has 5 rings (SSSR count). The summed E-state index contributed by atoms with van der Waals surface area (Å²) in [7, 11) is 0. The Hall–Kier alpha value is -4.25. The average molecular weight is 507 g/mol. The second kappa shape index (κ2) is 9.00. The maximum atomic E-state index is 13.3. The number of phenols is 1. The molecule has 192 valence electrons. The Bertz CT molecular complexity index is 1540. The molecule has 11 nitrogen and oxygen atoms in total. The number of amides is 1. The van der Waals surface area contributed by atoms with Gasteiger partial charge in [-0.3, -0.25) is 14.4 Å². The van der Waals surface area contributed by atoms with Crippen molar-refractivity contribution in [2.75, 3.05) is 6.73 Å². The molecule has 0 aliphatic carbocycles. The molecule has 2 aliphatic heterocycles. The van der Waals surface area contributed by atoms with Crippen molar-refractivity contribution in [2.45, 2.75) is 51.9 Å². The van der Waals surface area contributed by atoms with E-state index < -0.39 is 17.5 Å². The van der Waals surface area contributed by atoms with Crippen molar-refractivity contribution in [3.63, 3.8) is 0 Å². The predicted octanol–water partition coefficient (Wildman–Crippen LogP) is 1.35. The minimum atomic E-state index is -1.90. The Morgan fingerprint density at radius 2 is 2.05 bits per heavy atom. The van der Waals surface area contributed by atoms with E-state index in [1.54, 1.807) is 31.2 Å². The summed E-state index contributed by atoms with van der Waals surface area (Å²) in [6, 6.07) is 6.77. The Morgan fingerprint density at radius 1 is 1.27 bits per heavy atom. The van der Waals surface area contributed by atoms with Gasteiger partial charge in [0.05, 0.1) is 29.0 Å². The van der Waals surface area contributed by atoms with E-state index in [1.807, 2.05) is 0 Å². The normalized spacial score (nSPS) is 17.5. The number of esters is 2. The number of aromatic nitrogens is 2. The molecule has 0 radical (unpaired) electrons. The van der Waals surface area contributed by atoms with Gasteiger partial charge in [-0.1, -0.05) is 13.0 Å². The Labute approximate surface area is 210 Å². The molecule has 0 spiro atoms. The van der Waals surface area contributed by atoms with E-state index >= 15 is 0 Å². The number of nitrogens with one attached hydrogen (secondary N) is 1. The molecule has 0 unspecified atom stereocenters. The van der Waals surface area contributed by atoms with Crippen LogP contribution in [0.2, 0.25) is 0 Å². The largest absolute Gasteiger partial charge is 0.507 e. The van der Waals surface area contributed by atoms with E-state index in [2.05, 4.69) is 10.3 Å². The van der Waals surface area contributed by atoms with Crippen LogP contribution in [0.4, 0.5) is 0 Å². The van der Waals surface area contributed by atoms with Gasteiger partial charge in [-0.05, 0) is 36.6 Å². The molecule has 3 aromatic rings. The number of benzene rings is 1. The zero-order chi connectivity index (χ0) is 26.5. The monoisotopic (exact) mass is 507 g/mol. The molecule has 1 aromatic carbocycles. The molecule has 11 heteroatoms. The number of rotatable bonds is 6. The molecule has 3 N–H and O–H groups in total. The van der Waals surface area contributed by atoms with Crippen molar-refractivity contribution in [3.05, 3.63) is 56.9 Å². The number of aromatic hydroxyl groups is 1. The summed E-state index contributed by atoms with van der Waals surface area (Å²) >= 11 is 0. The maximum Gasteiger partial charge on any atom is 0.343 e. The van der Waals surface area contributed by atoms with E-state index in [0.29, 0.717) is 33.4 Å². The molecule has 37 heavy (non-hydrogen) atoms. The van der Waals surface area contributed by atoms with E-state index in [1.165, 1.54) is 11.5 Å². The number of phenolic OH excluding ortho intramolecular Hbond substituents is 1. The van der Waals surface area contributed by atoms with Gasteiger partial charge in [0.25, 0.3) is 5.56 Å². The Kier molecular flexibility index (Phi) is 5.95. The van der Waals surface area contributed by atoms with E-state index in [0.717, 1.165) is 0 Å². The van der Waals surface area contributed by atoms with Gasteiger partial charge in [0, 0.05) is 29.9 Å². The number of aliphatic hydroxyl groups is 1. The second-order valence-electron chi connectivity index (χ2n) is 9.13. The van der Waals surface area contributed by atoms with Crippen molar-refractivity contribution in [2.24, 2.45) is 0 Å². The van der Waals surface area contributed by atoms with Crippen LogP contribution in [-0.2, 0) is 49.0 Å². The van der Waals surface area contributed by atoms with E-state index in [-0.39, 0.29) is 67.5 Å². The summed E-state index contributed by atoms with van der Waals surface area (Å²) in [5.41, 5.74) is 0.915. The third kappa shape index (κ3) is 4.01. The summed E-state index contributed by atoms with van der Waals surface area (Å²) < 4.78 is 11.5. The topological polar surface area (TPSA) is 157 Å². The first-order valence-corrected chi connectivity index (χ1v) is 11.9. The van der Waals surface area contributed by atoms with Crippen LogP contribution in [0.25, 0.3) is 22.3 Å². The predicted molar refractivity (Wildman–Crippen MR) is 129 cm³/mol. The van der Waals surface area contributed by atoms with Gasteiger partial charge in [0.2, 0.25) is 5.91 Å². The standard InChI is InChI=1S/C26H25N3O8/c1-3-26(35)18-9-20-22-15(10-29(20)24(33)17(18)11-36-25(26)34)8-16-19(28-22)6-4-14(23(16)32)5-7-21(31)37-12-27-13(2)30/h4,6,8-9,32,35H,3,5,7,10-12H2,1-2H3,(H,27,30)/t26-/m0/s1. The molecule has 0 bridgehead atoms. The molecule has 4 heterocycles. The number of cyclic esters (lactones) is 1. The minimum absolute atomic E-state index is 0.00450. The van der Waals surface area contributed by atoms with Gasteiger partial charge in [0.1, 0.15) is 12.4 Å². The smallest absolute Gasteiger partial charge is 0.343 e. The number of aryl methyl sites for hydroxylation is 1. The van der Waals surface area contributed by atoms with Gasteiger partial charge in [-0.15, -0.1) is 0 Å². The van der Waals surface area contributed by atoms with Gasteiger partial charge >= 0.3 is 11.9 Å². The molecule has 1 atom stereocenters. The molecule has 2 aromatic heterocycles. The fourth-order valence-electron chi connectivity index (χ4n) is 4.81. The molecule has 0 saturated carbocycles. The van der Waals surface area contributed by atoms with Crippen LogP contribution in [0.15, 0.2) is 29.1 Å². The van der Waals surface area contributed by atoms with Crippen molar-refractivity contribution in [1.29, 1.82) is 0 Å². The number of pyridine rings is 2. The lowest BCUT2D eigenvalue weighted by Crippen LogP contribution is -2.44. The molecular formula is C26H25N3O8. The van der Waals surface area contributed by atoms with Crippen molar-refractivity contribution < 1.29 is 34.1 Å². The summed E-state index contributed by atoms with van der Waals surface area (Å²) in [5, 5.41) is 24.7. The van der Waals surface area contributed by atoms with E-state index in [4.69, 9.17) is 9.47 Å². The van der Waals surface area contributed by atoms with Crippen LogP contribution in [0, 0.1) is 0 Å². The highest BCUT2D eigenvalue weighted by atomic mass is 16.6. The SMILES string of the molecule is CC[C@@]1(O)C(=O)OCc2c1cc1n(c2=O)Cc2cc3c(O)c(CCC(=O)OCNC(C)=O)ccc3nc2-1. The van der Waals surface area contributed by atoms with Crippen LogP contribution in [0.1, 0.15) is 48.9 Å². The molecule has 1 amide bonds. The molecule has 0 fully saturated rings. The number of nitrogens with zero attached hydrogens (tertiary/aromatic N) is 2. The van der Waals surface area contributed by atoms with Crippen LogP contribution in [0.3, 0.4) is 0 Å². The van der Waals surface area contributed by atoms with Gasteiger partial charge in [0.15, 0.2) is 12.3 Å². The third-order valence-electron chi connectivity index (χ3n) is 6.90. The van der Waals surface area contributed by atoms with Crippen molar-refractivity contribution in [3.8, 4) is 17.1 Å². The molecular weight excluding hydrogens is 482 g/mol. The van der Waals surface area contributed by atoms with Crippen LogP contribution in [-0.4, -0.2) is 44.3 Å². The lowest BCUT2D eigenvalue weighted by molar-refractivity contribution is -0.172. The fourth-order valence-corrected chi connectivity index (χ4v) is 4.81. The highest BCUT2D eigenvalue weighted by Crippen LogP contribution is 2.40. The molecule has 2 aliphatic rings. The number of hydrogen-bond donors (Lipinski definition) is 3. The number of hydrogen-bond acceptors (Lipinski definition) is 9. The van der Waals surface area contributed by atoms with Crippen LogP contribution in [0.5, 0.6) is 5.75 Å². The number of carbonyl (C=O) groups is 3. The van der Waals surface area contributed by atoms with Crippen LogP contribution < -0.4 is 10.9 Å². The third-order valence-corrected chi connectivity index (χ3v) is 6.90. The zero-order valence-electron chi connectivity index (χ0n) is 20.3. The van der Waals surface area contributed by atoms with Gasteiger partial charge in [-0.25, -0.2) is 9.78 Å². The minimum Gasteiger partial charge on any atom is -0.507 e. The number of carbonyl (C=O) groups excluding carboxylic acids is 3. The average Bonchev–Trinajstić information content (AvgIpc) is 3.23. The quantitative estimate of drug-likeness (QED) is 0.259. The summed E-state index contributed by atoms with van der Waals surface area (Å²) in [6.07, 6.45) is 0.273. The summed E-state index contributed by atoms with van der Waals surface area (Å²) in [4.78, 5) is 53.1.